The molecule has 1 unspecified atom stereocenters. The highest BCUT2D eigenvalue weighted by atomic mass is 79.9. The molecule has 0 radical (unpaired) electrons. The van der Waals surface area contributed by atoms with Crippen LogP contribution in [0.15, 0.2) is 51.4 Å². The van der Waals surface area contributed by atoms with Crippen molar-refractivity contribution in [2.75, 3.05) is 11.9 Å². The summed E-state index contributed by atoms with van der Waals surface area (Å²) < 4.78 is 1.77. The number of carbonyl (C=O) groups excluding carboxylic acids is 2. The summed E-state index contributed by atoms with van der Waals surface area (Å²) in [6.07, 6.45) is 2.19. The first kappa shape index (κ1) is 25.7. The molecule has 6 nitrogen and oxygen atoms in total. The monoisotopic (exact) mass is 579 g/mol. The van der Waals surface area contributed by atoms with Gasteiger partial charge in [0.1, 0.15) is 0 Å². The predicted molar refractivity (Wildman–Crippen MR) is 138 cm³/mol. The van der Waals surface area contributed by atoms with Crippen LogP contribution in [0.5, 0.6) is 0 Å². The summed E-state index contributed by atoms with van der Waals surface area (Å²) in [6.45, 7) is 6.29. The van der Waals surface area contributed by atoms with E-state index in [1.807, 2.05) is 63.2 Å². The maximum Gasteiger partial charge on any atom is 0.322 e. The van der Waals surface area contributed by atoms with Gasteiger partial charge in [0, 0.05) is 32.6 Å². The molecule has 3 rings (SSSR count). The molecule has 3 amide bonds. The number of carbonyl (C=O) groups is 2. The molecule has 8 heteroatoms. The van der Waals surface area contributed by atoms with Crippen molar-refractivity contribution in [1.29, 1.82) is 0 Å². The molecule has 0 spiro atoms. The van der Waals surface area contributed by atoms with E-state index in [4.69, 9.17) is 0 Å². The third kappa shape index (κ3) is 7.04. The average molecular weight is 581 g/mol. The van der Waals surface area contributed by atoms with Crippen molar-refractivity contribution in [1.82, 2.24) is 10.2 Å². The normalized spacial score (nSPS) is 14.8. The van der Waals surface area contributed by atoms with Crippen molar-refractivity contribution in [2.24, 2.45) is 5.41 Å². The van der Waals surface area contributed by atoms with Crippen LogP contribution in [0.4, 0.5) is 10.5 Å². The van der Waals surface area contributed by atoms with E-state index < -0.39 is 11.5 Å². The molecule has 0 aliphatic heterocycles. The van der Waals surface area contributed by atoms with Gasteiger partial charge in [-0.3, -0.25) is 4.79 Å². The lowest BCUT2D eigenvalue weighted by Gasteiger charge is -2.38. The summed E-state index contributed by atoms with van der Waals surface area (Å²) in [5.41, 5.74) is 1.95. The van der Waals surface area contributed by atoms with Crippen LogP contribution in [-0.2, 0) is 11.3 Å². The van der Waals surface area contributed by atoms with Gasteiger partial charge in [-0.2, -0.15) is 0 Å². The van der Waals surface area contributed by atoms with E-state index in [0.29, 0.717) is 12.2 Å². The number of aliphatic hydroxyl groups is 1. The Morgan fingerprint density at radius 2 is 1.76 bits per heavy atom. The summed E-state index contributed by atoms with van der Waals surface area (Å²) in [7, 11) is 0. The summed E-state index contributed by atoms with van der Waals surface area (Å²) in [4.78, 5) is 26.9. The Labute approximate surface area is 212 Å². The maximum absolute atomic E-state index is 13.1. The van der Waals surface area contributed by atoms with E-state index in [1.165, 1.54) is 0 Å². The molecule has 2 aromatic carbocycles. The van der Waals surface area contributed by atoms with Gasteiger partial charge in [0.25, 0.3) is 0 Å². The molecular formula is C25H31Br2N3O3. The van der Waals surface area contributed by atoms with Crippen molar-refractivity contribution < 1.29 is 14.7 Å². The first-order valence-corrected chi connectivity index (χ1v) is 12.7. The van der Waals surface area contributed by atoms with Crippen molar-refractivity contribution in [3.8, 4) is 0 Å². The van der Waals surface area contributed by atoms with Crippen LogP contribution in [0.1, 0.15) is 57.3 Å². The van der Waals surface area contributed by atoms with Crippen molar-refractivity contribution in [3.63, 3.8) is 0 Å². The van der Waals surface area contributed by atoms with Crippen LogP contribution < -0.4 is 10.6 Å². The molecule has 1 saturated carbocycles. The van der Waals surface area contributed by atoms with E-state index in [2.05, 4.69) is 42.5 Å². The lowest BCUT2D eigenvalue weighted by atomic mass is 9.91. The smallest absolute Gasteiger partial charge is 0.322 e. The van der Waals surface area contributed by atoms with Gasteiger partial charge in [-0.1, -0.05) is 39.0 Å². The zero-order valence-electron chi connectivity index (χ0n) is 19.2. The van der Waals surface area contributed by atoms with Crippen molar-refractivity contribution >= 4 is 49.5 Å². The number of urea groups is 1. The summed E-state index contributed by atoms with van der Waals surface area (Å²) >= 11 is 6.91. The second kappa shape index (κ2) is 11.0. The first-order chi connectivity index (χ1) is 15.5. The number of nitrogens with one attached hydrogen (secondary N) is 2. The zero-order chi connectivity index (χ0) is 24.2. The molecule has 2 aromatic rings. The molecule has 1 aliphatic carbocycles. The van der Waals surface area contributed by atoms with Gasteiger partial charge in [0.2, 0.25) is 5.91 Å². The van der Waals surface area contributed by atoms with Crippen molar-refractivity contribution in [2.45, 2.75) is 58.7 Å². The molecule has 1 aliphatic rings. The summed E-state index contributed by atoms with van der Waals surface area (Å²) in [5, 5.41) is 16.7. The molecule has 0 heterocycles. The van der Waals surface area contributed by atoms with Gasteiger partial charge in [0.15, 0.2) is 0 Å². The van der Waals surface area contributed by atoms with Gasteiger partial charge < -0.3 is 20.6 Å². The summed E-state index contributed by atoms with van der Waals surface area (Å²) in [5.74, 6) is -0.00705. The van der Waals surface area contributed by atoms with Gasteiger partial charge >= 0.3 is 6.03 Å². The quantitative estimate of drug-likeness (QED) is 0.376. The lowest BCUT2D eigenvalue weighted by molar-refractivity contribution is -0.128. The number of benzene rings is 2. The van der Waals surface area contributed by atoms with Crippen LogP contribution in [0.25, 0.3) is 0 Å². The van der Waals surface area contributed by atoms with Crippen LogP contribution in [0.3, 0.4) is 0 Å². The third-order valence-corrected chi connectivity index (χ3v) is 7.69. The van der Waals surface area contributed by atoms with Gasteiger partial charge in [-0.05, 0) is 86.5 Å². The lowest BCUT2D eigenvalue weighted by Crippen LogP contribution is -2.48. The highest BCUT2D eigenvalue weighted by molar-refractivity contribution is 9.13. The largest absolute Gasteiger partial charge is 0.387 e. The fourth-order valence-electron chi connectivity index (χ4n) is 3.46. The van der Waals surface area contributed by atoms with Crippen molar-refractivity contribution in [3.05, 3.63) is 62.5 Å². The number of nitrogens with zero attached hydrogens (tertiary/aromatic N) is 1. The molecule has 178 valence electrons. The SMILES string of the molecule is CC(C)(C)C(=O)NCc1ccc(NC(=O)N(CC(O)c2ccc(Br)c(Br)c2)C2CCC2)cc1. The van der Waals surface area contributed by atoms with Crippen LogP contribution >= 0.6 is 31.9 Å². The highest BCUT2D eigenvalue weighted by Crippen LogP contribution is 2.30. The number of hydrogen-bond acceptors (Lipinski definition) is 3. The Balaban J connectivity index is 1.62. The Morgan fingerprint density at radius 1 is 1.09 bits per heavy atom. The highest BCUT2D eigenvalue weighted by Gasteiger charge is 2.31. The fraction of sp³-hybridized carbons (Fsp3) is 0.440. The van der Waals surface area contributed by atoms with E-state index in [0.717, 1.165) is 39.3 Å². The fourth-order valence-corrected chi connectivity index (χ4v) is 4.10. The van der Waals surface area contributed by atoms with Crippen LogP contribution in [0.2, 0.25) is 0 Å². The number of aliphatic hydroxyl groups excluding tert-OH is 1. The molecule has 33 heavy (non-hydrogen) atoms. The Kier molecular flexibility index (Phi) is 8.59. The third-order valence-electron chi connectivity index (χ3n) is 5.81. The van der Waals surface area contributed by atoms with Gasteiger partial charge in [-0.15, -0.1) is 0 Å². The van der Waals surface area contributed by atoms with E-state index in [1.54, 1.807) is 4.90 Å². The molecule has 1 atom stereocenters. The number of halogens is 2. The molecular weight excluding hydrogens is 550 g/mol. The molecule has 0 aromatic heterocycles. The number of hydrogen-bond donors (Lipinski definition) is 3. The van der Waals surface area contributed by atoms with E-state index >= 15 is 0 Å². The minimum absolute atomic E-state index is 0.00705. The molecule has 3 N–H and O–H groups in total. The molecule has 1 fully saturated rings. The van der Waals surface area contributed by atoms with Crippen LogP contribution in [-0.4, -0.2) is 34.5 Å². The van der Waals surface area contributed by atoms with Gasteiger partial charge in [-0.25, -0.2) is 4.79 Å². The minimum Gasteiger partial charge on any atom is -0.387 e. The van der Waals surface area contributed by atoms with E-state index in [-0.39, 0.29) is 24.5 Å². The zero-order valence-corrected chi connectivity index (χ0v) is 22.4. The topological polar surface area (TPSA) is 81.7 Å². The average Bonchev–Trinajstić information content (AvgIpc) is 2.72. The van der Waals surface area contributed by atoms with Crippen LogP contribution in [0, 0.1) is 5.41 Å². The number of rotatable bonds is 7. The predicted octanol–water partition coefficient (Wildman–Crippen LogP) is 5.99. The Hall–Kier alpha value is -1.90. The second-order valence-corrected chi connectivity index (χ2v) is 11.2. The van der Waals surface area contributed by atoms with E-state index in [9.17, 15) is 14.7 Å². The first-order valence-electron chi connectivity index (χ1n) is 11.1. The standard InChI is InChI=1S/C25H31Br2N3O3/c1-25(2,3)23(32)28-14-16-7-10-18(11-8-16)29-24(33)30(19-5-4-6-19)15-22(31)17-9-12-20(26)21(27)13-17/h7-13,19,22,31H,4-6,14-15H2,1-3H3,(H,28,32)(H,29,33). The number of anilines is 1. The second-order valence-electron chi connectivity index (χ2n) is 9.49. The van der Waals surface area contributed by atoms with Gasteiger partial charge in [0.05, 0.1) is 12.6 Å². The Morgan fingerprint density at radius 3 is 2.30 bits per heavy atom. The molecule has 0 saturated heterocycles. The Bertz CT molecular complexity index is 985. The maximum atomic E-state index is 13.1. The number of amides is 3. The minimum atomic E-state index is -0.783. The summed E-state index contributed by atoms with van der Waals surface area (Å²) in [6, 6.07) is 12.9. The molecule has 0 bridgehead atoms.